The lowest BCUT2D eigenvalue weighted by Crippen LogP contribution is -2.19. The van der Waals surface area contributed by atoms with Crippen LogP contribution in [0.2, 0.25) is 5.02 Å². The Morgan fingerprint density at radius 3 is 2.85 bits per heavy atom. The molecule has 0 unspecified atom stereocenters. The molecule has 0 saturated heterocycles. The minimum atomic E-state index is -0.231. The molecular formula is C18H22ClN3O3S. The summed E-state index contributed by atoms with van der Waals surface area (Å²) in [4.78, 5) is 16.1. The number of nitrogens with one attached hydrogen (secondary N) is 1. The second kappa shape index (κ2) is 10.1. The van der Waals surface area contributed by atoms with Gasteiger partial charge in [0.1, 0.15) is 0 Å². The van der Waals surface area contributed by atoms with Crippen molar-refractivity contribution in [3.05, 3.63) is 38.8 Å². The lowest BCUT2D eigenvalue weighted by molar-refractivity contribution is -0.120. The van der Waals surface area contributed by atoms with Crippen LogP contribution < -0.4 is 14.9 Å². The van der Waals surface area contributed by atoms with Gasteiger partial charge in [-0.25, -0.2) is 10.4 Å². The first-order valence-corrected chi connectivity index (χ1v) is 9.61. The smallest absolute Gasteiger partial charge is 0.246 e. The molecule has 140 valence electrons. The molecule has 6 nitrogen and oxygen atoms in total. The number of thiazole rings is 1. The summed E-state index contributed by atoms with van der Waals surface area (Å²) in [5.41, 5.74) is 3.93. The van der Waals surface area contributed by atoms with E-state index in [9.17, 15) is 4.79 Å². The number of rotatable bonds is 9. The van der Waals surface area contributed by atoms with Crippen molar-refractivity contribution in [2.75, 3.05) is 13.2 Å². The fourth-order valence-corrected chi connectivity index (χ4v) is 3.03. The van der Waals surface area contributed by atoms with Crippen LogP contribution in [0.15, 0.2) is 22.6 Å². The van der Waals surface area contributed by atoms with E-state index < -0.39 is 0 Å². The van der Waals surface area contributed by atoms with Gasteiger partial charge in [0.25, 0.3) is 0 Å². The maximum Gasteiger partial charge on any atom is 0.246 e. The van der Waals surface area contributed by atoms with Crippen LogP contribution >= 0.6 is 22.9 Å². The predicted octanol–water partition coefficient (Wildman–Crippen LogP) is 3.99. The average molecular weight is 396 g/mol. The standard InChI is InChI=1S/C18H22ClN3O3S/c1-4-6-25-18-15(19)7-13(8-16(18)24-5-2)10-20-22-17(23)9-14-11-26-12(3)21-14/h7-8,10-11H,4-6,9H2,1-3H3,(H,22,23)/b20-10-. The Balaban J connectivity index is 2.03. The molecule has 0 aliphatic rings. The topological polar surface area (TPSA) is 72.8 Å². The molecule has 26 heavy (non-hydrogen) atoms. The Kier molecular flexibility index (Phi) is 7.87. The molecule has 0 bridgehead atoms. The Morgan fingerprint density at radius 1 is 1.38 bits per heavy atom. The predicted molar refractivity (Wildman–Crippen MR) is 105 cm³/mol. The molecule has 1 amide bonds. The van der Waals surface area contributed by atoms with E-state index in [0.717, 1.165) is 17.1 Å². The molecule has 0 aliphatic carbocycles. The molecule has 2 aromatic rings. The van der Waals surface area contributed by atoms with E-state index in [1.807, 2.05) is 26.2 Å². The van der Waals surface area contributed by atoms with E-state index in [2.05, 4.69) is 15.5 Å². The molecule has 1 N–H and O–H groups in total. The number of aromatic nitrogens is 1. The van der Waals surface area contributed by atoms with Crippen LogP contribution in [0.4, 0.5) is 0 Å². The highest BCUT2D eigenvalue weighted by molar-refractivity contribution is 7.09. The Bertz CT molecular complexity index is 777. The second-order valence-corrected chi connectivity index (χ2v) is 6.91. The number of halogens is 1. The fourth-order valence-electron chi connectivity index (χ4n) is 2.14. The number of amides is 1. The largest absolute Gasteiger partial charge is 0.490 e. The van der Waals surface area contributed by atoms with Gasteiger partial charge in [-0.3, -0.25) is 4.79 Å². The highest BCUT2D eigenvalue weighted by atomic mass is 35.5. The van der Waals surface area contributed by atoms with Crippen LogP contribution in [0.1, 0.15) is 36.5 Å². The SMILES string of the molecule is CCCOc1c(Cl)cc(/C=N\NC(=O)Cc2csc(C)n2)cc1OCC. The number of aryl methyl sites for hydroxylation is 1. The van der Waals surface area contributed by atoms with Gasteiger partial charge in [-0.05, 0) is 38.0 Å². The molecule has 1 heterocycles. The van der Waals surface area contributed by atoms with Crippen molar-refractivity contribution in [2.24, 2.45) is 5.10 Å². The summed E-state index contributed by atoms with van der Waals surface area (Å²) in [7, 11) is 0. The van der Waals surface area contributed by atoms with E-state index in [1.54, 1.807) is 12.1 Å². The van der Waals surface area contributed by atoms with Gasteiger partial charge in [0.05, 0.1) is 41.6 Å². The third-order valence-corrected chi connectivity index (χ3v) is 4.30. The Labute approximate surface area is 162 Å². The number of hydrogen-bond acceptors (Lipinski definition) is 6. The van der Waals surface area contributed by atoms with E-state index in [0.29, 0.717) is 35.3 Å². The van der Waals surface area contributed by atoms with E-state index in [4.69, 9.17) is 21.1 Å². The van der Waals surface area contributed by atoms with E-state index in [1.165, 1.54) is 17.6 Å². The summed E-state index contributed by atoms with van der Waals surface area (Å²) in [6.07, 6.45) is 2.58. The summed E-state index contributed by atoms with van der Waals surface area (Å²) >= 11 is 7.81. The summed E-state index contributed by atoms with van der Waals surface area (Å²) in [5, 5.41) is 7.21. The molecule has 0 fully saturated rings. The molecular weight excluding hydrogens is 374 g/mol. The number of hydrazone groups is 1. The number of carbonyl (C=O) groups is 1. The van der Waals surface area contributed by atoms with E-state index in [-0.39, 0.29) is 12.3 Å². The lowest BCUT2D eigenvalue weighted by Gasteiger charge is -2.13. The van der Waals surface area contributed by atoms with Gasteiger partial charge < -0.3 is 9.47 Å². The normalized spacial score (nSPS) is 10.9. The van der Waals surface area contributed by atoms with Gasteiger partial charge in [0, 0.05) is 5.38 Å². The highest BCUT2D eigenvalue weighted by Crippen LogP contribution is 2.36. The van der Waals surface area contributed by atoms with Gasteiger partial charge in [0.15, 0.2) is 11.5 Å². The Morgan fingerprint density at radius 2 is 2.19 bits per heavy atom. The van der Waals surface area contributed by atoms with Gasteiger partial charge in [-0.15, -0.1) is 11.3 Å². The van der Waals surface area contributed by atoms with Crippen molar-refractivity contribution in [3.8, 4) is 11.5 Å². The molecule has 0 aliphatic heterocycles. The number of benzene rings is 1. The number of nitrogens with zero attached hydrogens (tertiary/aromatic N) is 2. The minimum absolute atomic E-state index is 0.191. The second-order valence-electron chi connectivity index (χ2n) is 5.44. The van der Waals surface area contributed by atoms with Crippen LogP contribution in [0.25, 0.3) is 0 Å². The van der Waals surface area contributed by atoms with Crippen molar-refractivity contribution in [3.63, 3.8) is 0 Å². The molecule has 1 aromatic heterocycles. The van der Waals surface area contributed by atoms with Crippen molar-refractivity contribution >= 4 is 35.1 Å². The third-order valence-electron chi connectivity index (χ3n) is 3.19. The summed E-state index contributed by atoms with van der Waals surface area (Å²) in [6, 6.07) is 3.49. The van der Waals surface area contributed by atoms with Gasteiger partial charge in [0.2, 0.25) is 5.91 Å². The first kappa shape index (κ1) is 20.2. The van der Waals surface area contributed by atoms with Crippen LogP contribution in [0, 0.1) is 6.92 Å². The summed E-state index contributed by atoms with van der Waals surface area (Å²) < 4.78 is 11.3. The molecule has 1 aromatic carbocycles. The summed E-state index contributed by atoms with van der Waals surface area (Å²) in [6.45, 7) is 6.85. The molecule has 0 spiro atoms. The minimum Gasteiger partial charge on any atom is -0.490 e. The molecule has 0 radical (unpaired) electrons. The first-order valence-electron chi connectivity index (χ1n) is 8.35. The third kappa shape index (κ3) is 6.00. The maximum absolute atomic E-state index is 11.9. The number of carbonyl (C=O) groups excluding carboxylic acids is 1. The van der Waals surface area contributed by atoms with Crippen molar-refractivity contribution in [1.29, 1.82) is 0 Å². The number of hydrogen-bond donors (Lipinski definition) is 1. The lowest BCUT2D eigenvalue weighted by atomic mass is 10.2. The monoisotopic (exact) mass is 395 g/mol. The number of ether oxygens (including phenoxy) is 2. The zero-order valence-corrected chi connectivity index (χ0v) is 16.6. The van der Waals surface area contributed by atoms with Gasteiger partial charge in [-0.2, -0.15) is 5.10 Å². The summed E-state index contributed by atoms with van der Waals surface area (Å²) in [5.74, 6) is 0.847. The Hall–Kier alpha value is -2.12. The van der Waals surface area contributed by atoms with Gasteiger partial charge >= 0.3 is 0 Å². The molecule has 2 rings (SSSR count). The average Bonchev–Trinajstić information content (AvgIpc) is 2.99. The quantitative estimate of drug-likeness (QED) is 0.514. The molecule has 0 atom stereocenters. The van der Waals surface area contributed by atoms with Crippen molar-refractivity contribution in [1.82, 2.24) is 10.4 Å². The van der Waals surface area contributed by atoms with Crippen LogP contribution in [0.3, 0.4) is 0 Å². The zero-order valence-electron chi connectivity index (χ0n) is 15.0. The van der Waals surface area contributed by atoms with Crippen LogP contribution in [-0.2, 0) is 11.2 Å². The van der Waals surface area contributed by atoms with Crippen molar-refractivity contribution < 1.29 is 14.3 Å². The highest BCUT2D eigenvalue weighted by Gasteiger charge is 2.12. The molecule has 0 saturated carbocycles. The zero-order chi connectivity index (χ0) is 18.9. The van der Waals surface area contributed by atoms with Crippen LogP contribution in [0.5, 0.6) is 11.5 Å². The van der Waals surface area contributed by atoms with E-state index >= 15 is 0 Å². The maximum atomic E-state index is 11.9. The first-order chi connectivity index (χ1) is 12.5. The molecule has 8 heteroatoms. The van der Waals surface area contributed by atoms with Crippen molar-refractivity contribution in [2.45, 2.75) is 33.6 Å². The fraction of sp³-hybridized carbons (Fsp3) is 0.389. The van der Waals surface area contributed by atoms with Crippen LogP contribution in [-0.4, -0.2) is 30.3 Å². The van der Waals surface area contributed by atoms with Gasteiger partial charge in [-0.1, -0.05) is 18.5 Å².